The van der Waals surface area contributed by atoms with Crippen molar-refractivity contribution in [1.29, 1.82) is 0 Å². The average molecular weight is 342 g/mol. The maximum Gasteiger partial charge on any atom is 0.342 e. The van der Waals surface area contributed by atoms with Crippen molar-refractivity contribution in [3.05, 3.63) is 28.8 Å². The molecule has 0 aliphatic carbocycles. The SMILES string of the molecule is COc1ccc(Cl)cc1C(=O)OCC(=O)N1C[C@H](C)O[C@@H](C)C1. The topological polar surface area (TPSA) is 65.1 Å². The minimum atomic E-state index is -0.646. The summed E-state index contributed by atoms with van der Waals surface area (Å²) in [6.45, 7) is 4.45. The Bertz CT molecular complexity index is 582. The Balaban J connectivity index is 1.96. The Hall–Kier alpha value is -1.79. The summed E-state index contributed by atoms with van der Waals surface area (Å²) in [5.41, 5.74) is 0.191. The molecule has 1 saturated heterocycles. The lowest BCUT2D eigenvalue weighted by Crippen LogP contribution is -2.49. The number of ether oxygens (including phenoxy) is 3. The Morgan fingerprint density at radius 1 is 1.30 bits per heavy atom. The van der Waals surface area contributed by atoms with Crippen LogP contribution in [0.15, 0.2) is 18.2 Å². The summed E-state index contributed by atoms with van der Waals surface area (Å²) in [4.78, 5) is 26.0. The summed E-state index contributed by atoms with van der Waals surface area (Å²) in [5, 5.41) is 0.389. The van der Waals surface area contributed by atoms with Crippen molar-refractivity contribution >= 4 is 23.5 Å². The van der Waals surface area contributed by atoms with Gasteiger partial charge in [-0.3, -0.25) is 4.79 Å². The zero-order chi connectivity index (χ0) is 17.0. The zero-order valence-electron chi connectivity index (χ0n) is 13.4. The molecule has 126 valence electrons. The monoisotopic (exact) mass is 341 g/mol. The molecule has 1 aromatic rings. The molecule has 0 aromatic heterocycles. The van der Waals surface area contributed by atoms with Crippen molar-refractivity contribution in [3.63, 3.8) is 0 Å². The molecule has 1 aliphatic heterocycles. The lowest BCUT2D eigenvalue weighted by atomic mass is 10.2. The van der Waals surface area contributed by atoms with Gasteiger partial charge in [-0.15, -0.1) is 0 Å². The van der Waals surface area contributed by atoms with Crippen molar-refractivity contribution in [2.45, 2.75) is 26.1 Å². The molecule has 2 atom stereocenters. The van der Waals surface area contributed by atoms with Crippen molar-refractivity contribution in [2.75, 3.05) is 26.8 Å². The number of morpholine rings is 1. The first kappa shape index (κ1) is 17.6. The van der Waals surface area contributed by atoms with Crippen LogP contribution in [0.4, 0.5) is 0 Å². The first-order chi connectivity index (χ1) is 10.9. The summed E-state index contributed by atoms with van der Waals surface area (Å²) in [6.07, 6.45) is -0.0714. The van der Waals surface area contributed by atoms with Gasteiger partial charge in [0.05, 0.1) is 19.3 Å². The van der Waals surface area contributed by atoms with Crippen LogP contribution in [-0.2, 0) is 14.3 Å². The first-order valence-electron chi connectivity index (χ1n) is 7.34. The maximum atomic E-state index is 12.2. The molecule has 1 aliphatic rings. The summed E-state index contributed by atoms with van der Waals surface area (Å²) < 4.78 is 15.8. The summed E-state index contributed by atoms with van der Waals surface area (Å²) >= 11 is 5.88. The largest absolute Gasteiger partial charge is 0.496 e. The van der Waals surface area contributed by atoms with E-state index in [2.05, 4.69) is 0 Å². The van der Waals surface area contributed by atoms with Crippen LogP contribution in [0, 0.1) is 0 Å². The van der Waals surface area contributed by atoms with Crippen molar-refractivity contribution in [1.82, 2.24) is 4.90 Å². The number of benzene rings is 1. The normalized spacial score (nSPS) is 21.0. The fraction of sp³-hybridized carbons (Fsp3) is 0.500. The maximum absolute atomic E-state index is 12.2. The Labute approximate surface area is 140 Å². The second kappa shape index (κ2) is 7.66. The number of carbonyl (C=O) groups is 2. The van der Waals surface area contributed by atoms with Gasteiger partial charge in [0.2, 0.25) is 0 Å². The minimum Gasteiger partial charge on any atom is -0.496 e. The van der Waals surface area contributed by atoms with E-state index in [1.807, 2.05) is 13.8 Å². The van der Waals surface area contributed by atoms with E-state index in [0.29, 0.717) is 23.9 Å². The van der Waals surface area contributed by atoms with Gasteiger partial charge in [-0.05, 0) is 32.0 Å². The Morgan fingerprint density at radius 3 is 2.57 bits per heavy atom. The number of hydrogen-bond acceptors (Lipinski definition) is 5. The molecular weight excluding hydrogens is 322 g/mol. The highest BCUT2D eigenvalue weighted by molar-refractivity contribution is 6.31. The smallest absolute Gasteiger partial charge is 0.342 e. The molecule has 0 N–H and O–H groups in total. The van der Waals surface area contributed by atoms with Gasteiger partial charge in [-0.1, -0.05) is 11.6 Å². The number of halogens is 1. The molecule has 1 fully saturated rings. The molecule has 0 saturated carbocycles. The number of hydrogen-bond donors (Lipinski definition) is 0. The van der Waals surface area contributed by atoms with Crippen molar-refractivity contribution < 1.29 is 23.8 Å². The Kier molecular flexibility index (Phi) is 5.85. The van der Waals surface area contributed by atoms with Gasteiger partial charge in [0.25, 0.3) is 5.91 Å². The number of nitrogens with zero attached hydrogens (tertiary/aromatic N) is 1. The third-order valence-electron chi connectivity index (χ3n) is 3.48. The lowest BCUT2D eigenvalue weighted by molar-refractivity contribution is -0.146. The van der Waals surface area contributed by atoms with Gasteiger partial charge in [-0.2, -0.15) is 0 Å². The van der Waals surface area contributed by atoms with E-state index in [9.17, 15) is 9.59 Å². The summed E-state index contributed by atoms with van der Waals surface area (Å²) in [7, 11) is 1.45. The second-order valence-electron chi connectivity index (χ2n) is 5.48. The van der Waals surface area contributed by atoms with Gasteiger partial charge >= 0.3 is 5.97 Å². The Morgan fingerprint density at radius 2 is 1.96 bits per heavy atom. The van der Waals surface area contributed by atoms with E-state index in [4.69, 9.17) is 25.8 Å². The predicted octanol–water partition coefficient (Wildman–Crippen LogP) is 2.14. The molecule has 6 nitrogen and oxygen atoms in total. The zero-order valence-corrected chi connectivity index (χ0v) is 14.1. The van der Waals surface area contributed by atoms with Crippen LogP contribution in [0.1, 0.15) is 24.2 Å². The molecule has 0 unspecified atom stereocenters. The van der Waals surface area contributed by atoms with Crippen LogP contribution in [0.5, 0.6) is 5.75 Å². The average Bonchev–Trinajstić information content (AvgIpc) is 2.51. The molecule has 1 heterocycles. The highest BCUT2D eigenvalue weighted by Crippen LogP contribution is 2.23. The van der Waals surface area contributed by atoms with E-state index in [-0.39, 0.29) is 30.3 Å². The number of methoxy groups -OCH3 is 1. The molecule has 1 amide bonds. The number of amides is 1. The van der Waals surface area contributed by atoms with Crippen LogP contribution >= 0.6 is 11.6 Å². The van der Waals surface area contributed by atoms with E-state index in [1.54, 1.807) is 17.0 Å². The summed E-state index contributed by atoms with van der Waals surface area (Å²) in [6, 6.07) is 4.64. The highest BCUT2D eigenvalue weighted by Gasteiger charge is 2.26. The molecular formula is C16H20ClNO5. The van der Waals surface area contributed by atoms with Crippen molar-refractivity contribution in [2.24, 2.45) is 0 Å². The van der Waals surface area contributed by atoms with Crippen LogP contribution in [-0.4, -0.2) is 55.8 Å². The van der Waals surface area contributed by atoms with Crippen LogP contribution < -0.4 is 4.74 Å². The molecule has 0 bridgehead atoms. The van der Waals surface area contributed by atoms with Gasteiger partial charge in [0.15, 0.2) is 6.61 Å². The fourth-order valence-electron chi connectivity index (χ4n) is 2.52. The van der Waals surface area contributed by atoms with Gasteiger partial charge in [0.1, 0.15) is 11.3 Å². The van der Waals surface area contributed by atoms with E-state index in [1.165, 1.54) is 13.2 Å². The molecule has 23 heavy (non-hydrogen) atoms. The van der Waals surface area contributed by atoms with Crippen LogP contribution in [0.3, 0.4) is 0 Å². The number of carbonyl (C=O) groups excluding carboxylic acids is 2. The molecule has 0 spiro atoms. The second-order valence-corrected chi connectivity index (χ2v) is 5.91. The third-order valence-corrected chi connectivity index (χ3v) is 3.72. The molecule has 0 radical (unpaired) electrons. The highest BCUT2D eigenvalue weighted by atomic mass is 35.5. The van der Waals surface area contributed by atoms with E-state index >= 15 is 0 Å². The minimum absolute atomic E-state index is 0.0357. The summed E-state index contributed by atoms with van der Waals surface area (Å²) in [5.74, 6) is -0.547. The van der Waals surface area contributed by atoms with Crippen LogP contribution in [0.25, 0.3) is 0 Å². The molecule has 7 heteroatoms. The van der Waals surface area contributed by atoms with E-state index in [0.717, 1.165) is 0 Å². The fourth-order valence-corrected chi connectivity index (χ4v) is 2.69. The van der Waals surface area contributed by atoms with Gasteiger partial charge in [-0.25, -0.2) is 4.79 Å². The van der Waals surface area contributed by atoms with Crippen molar-refractivity contribution in [3.8, 4) is 5.75 Å². The molecule has 1 aromatic carbocycles. The molecule has 2 rings (SSSR count). The predicted molar refractivity (Wildman–Crippen MR) is 84.9 cm³/mol. The van der Waals surface area contributed by atoms with Crippen LogP contribution in [0.2, 0.25) is 5.02 Å². The van der Waals surface area contributed by atoms with E-state index < -0.39 is 5.97 Å². The third kappa shape index (κ3) is 4.59. The lowest BCUT2D eigenvalue weighted by Gasteiger charge is -2.35. The quantitative estimate of drug-likeness (QED) is 0.785. The number of rotatable bonds is 4. The first-order valence-corrected chi connectivity index (χ1v) is 7.72. The van der Waals surface area contributed by atoms with Gasteiger partial charge in [0, 0.05) is 18.1 Å². The number of esters is 1. The van der Waals surface area contributed by atoms with Gasteiger partial charge < -0.3 is 19.1 Å². The standard InChI is InChI=1S/C16H20ClNO5/c1-10-7-18(8-11(2)23-10)15(19)9-22-16(20)13-6-12(17)4-5-14(13)21-3/h4-6,10-11H,7-9H2,1-3H3/t10-,11-/m0/s1.